The molecule has 11 heteroatoms. The van der Waals surface area contributed by atoms with Crippen LogP contribution in [-0.4, -0.2) is 39.0 Å². The van der Waals surface area contributed by atoms with Gasteiger partial charge in [0.1, 0.15) is 21.6 Å². The Morgan fingerprint density at radius 1 is 1.15 bits per heavy atom. The molecule has 0 spiro atoms. The zero-order valence-corrected chi connectivity index (χ0v) is 21.7. The molecule has 0 aliphatic carbocycles. The first-order valence-corrected chi connectivity index (χ1v) is 13.3. The molecule has 0 aromatic heterocycles. The molecule has 1 aliphatic heterocycles. The molecule has 1 aliphatic rings. The lowest BCUT2D eigenvalue weighted by molar-refractivity contribution is -0.134. The third-order valence-electron chi connectivity index (χ3n) is 4.98. The van der Waals surface area contributed by atoms with E-state index in [0.717, 1.165) is 11.1 Å². The van der Waals surface area contributed by atoms with Crippen molar-refractivity contribution < 1.29 is 18.5 Å². The van der Waals surface area contributed by atoms with E-state index in [4.69, 9.17) is 32.7 Å². The summed E-state index contributed by atoms with van der Waals surface area (Å²) in [4.78, 5) is 27.6. The molecular formula is C23H28Cl2N4O4S. The molecule has 1 unspecified atom stereocenters. The van der Waals surface area contributed by atoms with Crippen LogP contribution in [0.15, 0.2) is 36.4 Å². The van der Waals surface area contributed by atoms with E-state index in [0.29, 0.717) is 34.4 Å². The standard InChI is InChI=1S/C23H28Cl2N4O4S/c1-23(2,3)33-22(31)27-20(10-14-5-7-17(24)11-19(14)25)21(30)29-12-15-6-8-18(9-16(15)13-29)28-34(4,26)32/h5-9,11,20H,10,12-13H2,1-4H3,(H,27,31)(H2,26,28,32)/t20-,34?/m1/s1. The van der Waals surface area contributed by atoms with Crippen LogP contribution in [0.4, 0.5) is 10.5 Å². The van der Waals surface area contributed by atoms with Gasteiger partial charge in [0.25, 0.3) is 0 Å². The minimum Gasteiger partial charge on any atom is -0.444 e. The number of rotatable bonds is 6. The number of ether oxygens (including phenoxy) is 1. The maximum atomic E-state index is 13.5. The second-order valence-electron chi connectivity index (χ2n) is 9.26. The Bertz CT molecular complexity index is 1210. The summed E-state index contributed by atoms with van der Waals surface area (Å²) in [6.45, 7) is 5.90. The highest BCUT2D eigenvalue weighted by Gasteiger charge is 2.32. The third kappa shape index (κ3) is 7.25. The molecule has 0 saturated carbocycles. The first-order chi connectivity index (χ1) is 15.7. The summed E-state index contributed by atoms with van der Waals surface area (Å²) in [5, 5.41) is 3.56. The van der Waals surface area contributed by atoms with Crippen molar-refractivity contribution in [1.29, 1.82) is 4.78 Å². The van der Waals surface area contributed by atoms with Gasteiger partial charge in [-0.2, -0.15) is 0 Å². The van der Waals surface area contributed by atoms with Gasteiger partial charge in [0.15, 0.2) is 0 Å². The number of carbonyl (C=O) groups is 2. The van der Waals surface area contributed by atoms with Crippen molar-refractivity contribution in [3.8, 4) is 0 Å². The van der Waals surface area contributed by atoms with Crippen molar-refractivity contribution in [2.75, 3.05) is 11.0 Å². The molecule has 2 amide bonds. The zero-order chi connectivity index (χ0) is 25.3. The number of hydrogen-bond acceptors (Lipinski definition) is 5. The maximum Gasteiger partial charge on any atom is 0.408 e. The molecule has 184 valence electrons. The Hall–Kier alpha value is -2.49. The molecule has 8 nitrogen and oxygen atoms in total. The SMILES string of the molecule is CC(C)(C)OC(=O)N[C@H](Cc1ccc(Cl)cc1Cl)C(=O)N1Cc2ccc(NS(C)(=N)=O)cc2C1. The van der Waals surface area contributed by atoms with Crippen molar-refractivity contribution >= 4 is 50.8 Å². The van der Waals surface area contributed by atoms with Crippen LogP contribution in [0.2, 0.25) is 10.0 Å². The molecule has 3 rings (SSSR count). The van der Waals surface area contributed by atoms with Gasteiger partial charge in [0.05, 0.1) is 0 Å². The molecule has 2 aromatic rings. The summed E-state index contributed by atoms with van der Waals surface area (Å²) in [6, 6.07) is 9.43. The van der Waals surface area contributed by atoms with Gasteiger partial charge in [-0.3, -0.25) is 9.52 Å². The fourth-order valence-electron chi connectivity index (χ4n) is 3.62. The van der Waals surface area contributed by atoms with Crippen LogP contribution in [0.3, 0.4) is 0 Å². The van der Waals surface area contributed by atoms with E-state index in [1.165, 1.54) is 6.26 Å². The Morgan fingerprint density at radius 2 is 1.82 bits per heavy atom. The molecule has 2 aromatic carbocycles. The number of carbonyl (C=O) groups excluding carboxylic acids is 2. The topological polar surface area (TPSA) is 112 Å². The molecule has 34 heavy (non-hydrogen) atoms. The Labute approximate surface area is 210 Å². The Morgan fingerprint density at radius 3 is 2.44 bits per heavy atom. The van der Waals surface area contributed by atoms with Crippen molar-refractivity contribution in [3.63, 3.8) is 0 Å². The monoisotopic (exact) mass is 526 g/mol. The summed E-state index contributed by atoms with van der Waals surface area (Å²) in [6.07, 6.45) is 0.752. The van der Waals surface area contributed by atoms with Gasteiger partial charge < -0.3 is 15.0 Å². The minimum absolute atomic E-state index is 0.157. The highest BCUT2D eigenvalue weighted by molar-refractivity contribution is 7.93. The normalized spacial score (nSPS) is 15.8. The quantitative estimate of drug-likeness (QED) is 0.492. The summed E-state index contributed by atoms with van der Waals surface area (Å²) in [5.74, 6) is -0.289. The average molecular weight is 527 g/mol. The van der Waals surface area contributed by atoms with E-state index in [9.17, 15) is 13.8 Å². The van der Waals surface area contributed by atoms with Crippen molar-refractivity contribution in [2.45, 2.75) is 51.9 Å². The van der Waals surface area contributed by atoms with Crippen molar-refractivity contribution in [3.05, 3.63) is 63.1 Å². The second-order valence-corrected chi connectivity index (χ2v) is 12.0. The fourth-order valence-corrected chi connectivity index (χ4v) is 4.68. The number of halogens is 2. The van der Waals surface area contributed by atoms with Crippen LogP contribution in [-0.2, 0) is 39.0 Å². The molecule has 3 N–H and O–H groups in total. The number of alkyl carbamates (subject to hydrolysis) is 1. The van der Waals surface area contributed by atoms with Crippen LogP contribution in [0.1, 0.15) is 37.5 Å². The summed E-state index contributed by atoms with van der Waals surface area (Å²) >= 11 is 12.3. The Balaban J connectivity index is 1.81. The lowest BCUT2D eigenvalue weighted by atomic mass is 10.0. The van der Waals surface area contributed by atoms with Gasteiger partial charge >= 0.3 is 6.09 Å². The van der Waals surface area contributed by atoms with E-state index >= 15 is 0 Å². The zero-order valence-electron chi connectivity index (χ0n) is 19.4. The average Bonchev–Trinajstić information content (AvgIpc) is 3.09. The molecule has 0 saturated heterocycles. The third-order valence-corrected chi connectivity index (χ3v) is 6.19. The molecular weight excluding hydrogens is 499 g/mol. The molecule has 2 atom stereocenters. The number of fused-ring (bicyclic) bond motifs is 1. The largest absolute Gasteiger partial charge is 0.444 e. The molecule has 0 fully saturated rings. The van der Waals surface area contributed by atoms with Gasteiger partial charge in [-0.05, 0) is 61.7 Å². The van der Waals surface area contributed by atoms with Crippen LogP contribution >= 0.6 is 23.2 Å². The van der Waals surface area contributed by atoms with Crippen LogP contribution in [0.25, 0.3) is 0 Å². The predicted octanol–water partition coefficient (Wildman–Crippen LogP) is 4.98. The van der Waals surface area contributed by atoms with Crippen LogP contribution in [0.5, 0.6) is 0 Å². The van der Waals surface area contributed by atoms with Crippen LogP contribution in [0, 0.1) is 4.78 Å². The molecule has 1 heterocycles. The number of hydrogen-bond donors (Lipinski definition) is 3. The number of amides is 2. The summed E-state index contributed by atoms with van der Waals surface area (Å²) < 4.78 is 27.4. The first-order valence-electron chi connectivity index (χ1n) is 10.6. The number of anilines is 1. The van der Waals surface area contributed by atoms with E-state index in [-0.39, 0.29) is 12.3 Å². The van der Waals surface area contributed by atoms with Crippen molar-refractivity contribution in [2.24, 2.45) is 0 Å². The van der Waals surface area contributed by atoms with E-state index < -0.39 is 27.7 Å². The van der Waals surface area contributed by atoms with Crippen molar-refractivity contribution in [1.82, 2.24) is 10.2 Å². The van der Waals surface area contributed by atoms with Gasteiger partial charge in [0.2, 0.25) is 5.91 Å². The number of benzene rings is 2. The van der Waals surface area contributed by atoms with E-state index in [1.807, 2.05) is 6.07 Å². The summed E-state index contributed by atoms with van der Waals surface area (Å²) in [7, 11) is -2.92. The van der Waals surface area contributed by atoms with Gasteiger partial charge in [-0.25, -0.2) is 13.8 Å². The smallest absolute Gasteiger partial charge is 0.408 e. The maximum absolute atomic E-state index is 13.5. The second kappa shape index (κ2) is 10.0. The van der Waals surface area contributed by atoms with E-state index in [2.05, 4.69) is 10.0 Å². The fraction of sp³-hybridized carbons (Fsp3) is 0.391. The Kier molecular flexibility index (Phi) is 7.69. The number of nitrogens with one attached hydrogen (secondary N) is 3. The van der Waals surface area contributed by atoms with Gasteiger partial charge in [0, 0.05) is 41.5 Å². The highest BCUT2D eigenvalue weighted by atomic mass is 35.5. The first kappa shape index (κ1) is 26.1. The lowest BCUT2D eigenvalue weighted by Crippen LogP contribution is -2.49. The molecule has 0 radical (unpaired) electrons. The summed E-state index contributed by atoms with van der Waals surface area (Å²) in [5.41, 5.74) is 2.30. The minimum atomic E-state index is -2.92. The highest BCUT2D eigenvalue weighted by Crippen LogP contribution is 2.28. The lowest BCUT2D eigenvalue weighted by Gasteiger charge is -2.26. The molecule has 0 bridgehead atoms. The number of nitrogens with zero attached hydrogens (tertiary/aromatic N) is 1. The van der Waals surface area contributed by atoms with E-state index in [1.54, 1.807) is 56.0 Å². The van der Waals surface area contributed by atoms with Gasteiger partial charge in [-0.15, -0.1) is 0 Å². The van der Waals surface area contributed by atoms with Gasteiger partial charge in [-0.1, -0.05) is 35.3 Å². The predicted molar refractivity (Wildman–Crippen MR) is 134 cm³/mol. The van der Waals surface area contributed by atoms with Crippen LogP contribution < -0.4 is 10.0 Å².